The highest BCUT2D eigenvalue weighted by atomic mass is 32.1. The fourth-order valence-corrected chi connectivity index (χ4v) is 4.02. The van der Waals surface area contributed by atoms with Crippen molar-refractivity contribution in [3.05, 3.63) is 46.7 Å². The fraction of sp³-hybridized carbons (Fsp3) is 0.500. The van der Waals surface area contributed by atoms with E-state index in [1.807, 2.05) is 0 Å². The van der Waals surface area contributed by atoms with Gasteiger partial charge in [0, 0.05) is 25.1 Å². The molecule has 1 heterocycles. The summed E-state index contributed by atoms with van der Waals surface area (Å²) < 4.78 is 22.4. The molecule has 0 bridgehead atoms. The lowest BCUT2D eigenvalue weighted by molar-refractivity contribution is -0.127. The zero-order chi connectivity index (χ0) is 20.6. The number of amides is 2. The molecule has 1 atom stereocenters. The van der Waals surface area contributed by atoms with Crippen molar-refractivity contribution in [2.24, 2.45) is 0 Å². The summed E-state index contributed by atoms with van der Waals surface area (Å²) in [5, 5.41) is 8.49. The molecule has 1 fully saturated rings. The summed E-state index contributed by atoms with van der Waals surface area (Å²) in [5.41, 5.74) is 0.705. The van der Waals surface area contributed by atoms with E-state index >= 15 is 0 Å². The average molecular weight is 421 g/mol. The van der Waals surface area contributed by atoms with Gasteiger partial charge in [0.15, 0.2) is 5.69 Å². The first-order chi connectivity index (χ1) is 14.1. The zero-order valence-corrected chi connectivity index (χ0v) is 17.2. The van der Waals surface area contributed by atoms with Gasteiger partial charge in [-0.05, 0) is 42.1 Å². The molecule has 3 rings (SSSR count). The second kappa shape index (κ2) is 10.4. The Labute approximate surface area is 173 Å². The molecule has 1 unspecified atom stereocenters. The van der Waals surface area contributed by atoms with Gasteiger partial charge in [-0.25, -0.2) is 4.39 Å². The molecule has 1 aliphatic rings. The molecule has 2 aromatic rings. The van der Waals surface area contributed by atoms with E-state index in [-0.39, 0.29) is 30.8 Å². The number of nitrogens with one attached hydrogen (secondary N) is 1. The van der Waals surface area contributed by atoms with Crippen molar-refractivity contribution in [3.63, 3.8) is 0 Å². The molecule has 2 amide bonds. The number of methoxy groups -OCH3 is 1. The summed E-state index contributed by atoms with van der Waals surface area (Å²) in [6.45, 7) is 0.435. The van der Waals surface area contributed by atoms with Crippen LogP contribution in [0.5, 0.6) is 0 Å². The van der Waals surface area contributed by atoms with Crippen molar-refractivity contribution >= 4 is 23.3 Å². The third-order valence-electron chi connectivity index (χ3n) is 5.07. The molecule has 29 heavy (non-hydrogen) atoms. The van der Waals surface area contributed by atoms with E-state index in [9.17, 15) is 14.0 Å². The van der Waals surface area contributed by atoms with Gasteiger partial charge in [0.05, 0.1) is 6.61 Å². The van der Waals surface area contributed by atoms with Crippen LogP contribution in [0.1, 0.15) is 54.2 Å². The highest BCUT2D eigenvalue weighted by Crippen LogP contribution is 2.25. The van der Waals surface area contributed by atoms with E-state index < -0.39 is 17.8 Å². The molecule has 1 aromatic carbocycles. The van der Waals surface area contributed by atoms with E-state index in [1.54, 1.807) is 5.38 Å². The van der Waals surface area contributed by atoms with E-state index in [0.717, 1.165) is 37.2 Å². The highest BCUT2D eigenvalue weighted by molar-refractivity contribution is 7.03. The van der Waals surface area contributed by atoms with Gasteiger partial charge in [-0.15, -0.1) is 5.10 Å². The number of ether oxygens (including phenoxy) is 1. The van der Waals surface area contributed by atoms with Gasteiger partial charge in [-0.1, -0.05) is 35.9 Å². The van der Waals surface area contributed by atoms with Gasteiger partial charge in [0.25, 0.3) is 5.91 Å². The van der Waals surface area contributed by atoms with Gasteiger partial charge in [0.1, 0.15) is 11.9 Å². The average Bonchev–Trinajstić information content (AvgIpc) is 3.27. The molecule has 1 N–H and O–H groups in total. The summed E-state index contributed by atoms with van der Waals surface area (Å²) in [4.78, 5) is 27.8. The van der Waals surface area contributed by atoms with Crippen LogP contribution in [-0.4, -0.2) is 52.6 Å². The Balaban J connectivity index is 1.92. The maximum Gasteiger partial charge on any atom is 0.276 e. The Hall–Kier alpha value is -2.39. The van der Waals surface area contributed by atoms with Gasteiger partial charge in [-0.3, -0.25) is 9.59 Å². The van der Waals surface area contributed by atoms with Gasteiger partial charge < -0.3 is 15.0 Å². The minimum atomic E-state index is -0.915. The standard InChI is InChI=1S/C20H25FN4O3S/c1-28-12-11-25(20(27)17-13-29-24-23-17)18(14-7-9-15(21)10-8-14)19(26)22-16-5-3-2-4-6-16/h7-10,13,16,18H,2-6,11-12H2,1H3,(H,22,26). The quantitative estimate of drug-likeness (QED) is 0.710. The second-order valence-electron chi connectivity index (χ2n) is 7.08. The SMILES string of the molecule is COCCN(C(=O)c1csnn1)C(C(=O)NC1CCCCC1)c1ccc(F)cc1. The molecule has 9 heteroatoms. The second-order valence-corrected chi connectivity index (χ2v) is 7.69. The van der Waals surface area contributed by atoms with Crippen LogP contribution in [0.4, 0.5) is 4.39 Å². The van der Waals surface area contributed by atoms with Crippen LogP contribution in [0.25, 0.3) is 0 Å². The Morgan fingerprint density at radius 2 is 2.00 bits per heavy atom. The summed E-state index contributed by atoms with van der Waals surface area (Å²) in [7, 11) is 1.53. The summed E-state index contributed by atoms with van der Waals surface area (Å²) in [6.07, 6.45) is 5.16. The summed E-state index contributed by atoms with van der Waals surface area (Å²) in [5.74, 6) is -1.10. The molecule has 0 aliphatic heterocycles. The first-order valence-electron chi connectivity index (χ1n) is 9.73. The fourth-order valence-electron chi connectivity index (χ4n) is 3.59. The molecule has 0 saturated heterocycles. The van der Waals surface area contributed by atoms with Crippen LogP contribution in [0.3, 0.4) is 0 Å². The number of hydrogen-bond donors (Lipinski definition) is 1. The van der Waals surface area contributed by atoms with E-state index in [4.69, 9.17) is 4.74 Å². The first kappa shape index (κ1) is 21.3. The lowest BCUT2D eigenvalue weighted by Crippen LogP contribution is -2.48. The predicted molar refractivity (Wildman–Crippen MR) is 107 cm³/mol. The Kier molecular flexibility index (Phi) is 7.65. The van der Waals surface area contributed by atoms with Crippen LogP contribution < -0.4 is 5.32 Å². The number of halogens is 1. The monoisotopic (exact) mass is 420 g/mol. The lowest BCUT2D eigenvalue weighted by atomic mass is 9.94. The van der Waals surface area contributed by atoms with E-state index in [0.29, 0.717) is 5.56 Å². The number of nitrogens with zero attached hydrogens (tertiary/aromatic N) is 3. The van der Waals surface area contributed by atoms with E-state index in [2.05, 4.69) is 14.9 Å². The Morgan fingerprint density at radius 1 is 1.28 bits per heavy atom. The number of hydrogen-bond acceptors (Lipinski definition) is 6. The number of aromatic nitrogens is 2. The number of benzene rings is 1. The maximum atomic E-state index is 13.5. The smallest absolute Gasteiger partial charge is 0.276 e. The Morgan fingerprint density at radius 3 is 2.62 bits per heavy atom. The minimum absolute atomic E-state index is 0.0829. The molecular formula is C20H25FN4O3S. The molecule has 0 radical (unpaired) electrons. The van der Waals surface area contributed by atoms with Crippen molar-refractivity contribution in [2.75, 3.05) is 20.3 Å². The van der Waals surface area contributed by atoms with Crippen LogP contribution in [0.2, 0.25) is 0 Å². The molecule has 0 spiro atoms. The van der Waals surface area contributed by atoms with Crippen molar-refractivity contribution in [1.82, 2.24) is 19.8 Å². The predicted octanol–water partition coefficient (Wildman–Crippen LogP) is 2.96. The maximum absolute atomic E-state index is 13.5. The third-order valence-corrected chi connectivity index (χ3v) is 5.58. The molecule has 1 aromatic heterocycles. The van der Waals surface area contributed by atoms with Gasteiger partial charge in [-0.2, -0.15) is 0 Å². The normalized spacial score (nSPS) is 15.7. The molecule has 7 nitrogen and oxygen atoms in total. The molecule has 1 aliphatic carbocycles. The number of carbonyl (C=O) groups is 2. The van der Waals surface area contributed by atoms with E-state index in [1.165, 1.54) is 42.7 Å². The van der Waals surface area contributed by atoms with Gasteiger partial charge in [0.2, 0.25) is 5.91 Å². The third kappa shape index (κ3) is 5.57. The summed E-state index contributed by atoms with van der Waals surface area (Å²) >= 11 is 1.07. The largest absolute Gasteiger partial charge is 0.383 e. The highest BCUT2D eigenvalue weighted by Gasteiger charge is 2.34. The van der Waals surface area contributed by atoms with Crippen molar-refractivity contribution in [1.29, 1.82) is 0 Å². The van der Waals surface area contributed by atoms with Crippen LogP contribution in [-0.2, 0) is 9.53 Å². The lowest BCUT2D eigenvalue weighted by Gasteiger charge is -2.32. The van der Waals surface area contributed by atoms with Crippen LogP contribution in [0.15, 0.2) is 29.6 Å². The topological polar surface area (TPSA) is 84.4 Å². The zero-order valence-electron chi connectivity index (χ0n) is 16.3. The molecular weight excluding hydrogens is 395 g/mol. The van der Waals surface area contributed by atoms with Crippen molar-refractivity contribution in [3.8, 4) is 0 Å². The summed E-state index contributed by atoms with van der Waals surface area (Å²) in [6, 6.07) is 4.82. The van der Waals surface area contributed by atoms with Crippen LogP contribution in [0, 0.1) is 5.82 Å². The molecule has 1 saturated carbocycles. The van der Waals surface area contributed by atoms with Crippen molar-refractivity contribution < 1.29 is 18.7 Å². The molecule has 156 valence electrons. The van der Waals surface area contributed by atoms with Crippen LogP contribution >= 0.6 is 11.5 Å². The minimum Gasteiger partial charge on any atom is -0.383 e. The van der Waals surface area contributed by atoms with Crippen molar-refractivity contribution in [2.45, 2.75) is 44.2 Å². The first-order valence-corrected chi connectivity index (χ1v) is 10.6. The van der Waals surface area contributed by atoms with Gasteiger partial charge >= 0.3 is 0 Å². The number of rotatable bonds is 8. The number of carbonyl (C=O) groups excluding carboxylic acids is 2. The Bertz CT molecular complexity index is 795.